The van der Waals surface area contributed by atoms with Crippen molar-refractivity contribution in [2.24, 2.45) is 16.4 Å². The fourth-order valence-corrected chi connectivity index (χ4v) is 27.2. The Labute approximate surface area is 565 Å². The van der Waals surface area contributed by atoms with E-state index < -0.39 is 68.1 Å². The summed E-state index contributed by atoms with van der Waals surface area (Å²) in [5.74, 6) is -0.701. The molecule has 4 aromatic rings. The molecule has 522 valence electrons. The van der Waals surface area contributed by atoms with Crippen molar-refractivity contribution in [3.05, 3.63) is 99.3 Å². The second kappa shape index (κ2) is 31.4. The maximum absolute atomic E-state index is 15.6. The van der Waals surface area contributed by atoms with Gasteiger partial charge in [-0.15, -0.1) is 0 Å². The van der Waals surface area contributed by atoms with E-state index in [0.29, 0.717) is 180 Å². The van der Waals surface area contributed by atoms with Gasteiger partial charge in [-0.25, -0.2) is 9.97 Å². The number of nitrogens with one attached hydrogen (secondary N) is 2. The molecule has 27 heteroatoms. The number of hydrogen-bond donors (Lipinski definition) is 5. The Hall–Kier alpha value is -5.05. The minimum Gasteiger partial charge on any atom is -0.496 e. The van der Waals surface area contributed by atoms with Gasteiger partial charge in [-0.2, -0.15) is 0 Å². The molecular formula is C68H102N10O14SSi2. The molecule has 10 atom stereocenters. The van der Waals surface area contributed by atoms with Gasteiger partial charge in [0.2, 0.25) is 0 Å². The average Bonchev–Trinajstić information content (AvgIpc) is 1.51. The van der Waals surface area contributed by atoms with Crippen LogP contribution in [-0.2, 0) is 70.7 Å². The number of piperidine rings is 1. The highest BCUT2D eigenvalue weighted by atomic mass is 32.2. The molecule has 24 nitrogen and oxygen atoms in total. The number of aliphatic hydroxyl groups is 3. The first-order valence-electron chi connectivity index (χ1n) is 34.0. The number of aliphatic hydroxyl groups excluding tert-OH is 1. The van der Waals surface area contributed by atoms with Crippen LogP contribution in [0.4, 0.5) is 5.69 Å². The van der Waals surface area contributed by atoms with Gasteiger partial charge in [-0.05, 0) is 118 Å². The summed E-state index contributed by atoms with van der Waals surface area (Å²) in [6.45, 7) is 22.0. The number of ether oxygens (including phenoxy) is 8. The fraction of sp³-hybridized carbons (Fsp3) is 0.676. The summed E-state index contributed by atoms with van der Waals surface area (Å²) < 4.78 is 52.9. The highest BCUT2D eigenvalue weighted by Gasteiger charge is 2.79. The number of thioether (sulfide) groups is 1. The fourth-order valence-electron chi connectivity index (χ4n) is 16.9. The van der Waals surface area contributed by atoms with Gasteiger partial charge in [-0.3, -0.25) is 19.4 Å². The van der Waals surface area contributed by atoms with Crippen LogP contribution in [0.3, 0.4) is 0 Å². The van der Waals surface area contributed by atoms with Crippen molar-refractivity contribution >= 4 is 56.9 Å². The molecule has 2 aromatic heterocycles. The number of H-pyrrole nitrogens is 1. The van der Waals surface area contributed by atoms with Crippen LogP contribution in [-0.4, -0.2) is 243 Å². The lowest BCUT2D eigenvalue weighted by molar-refractivity contribution is -0.203. The number of rotatable bonds is 35. The predicted octanol–water partition coefficient (Wildman–Crippen LogP) is 7.21. The maximum atomic E-state index is 15.6. The summed E-state index contributed by atoms with van der Waals surface area (Å²) in [7, 11) is 0.447. The van der Waals surface area contributed by atoms with Gasteiger partial charge in [-0.1, -0.05) is 61.1 Å². The molecule has 5 N–H and O–H groups in total. The maximum Gasteiger partial charge on any atom is 0.322 e. The Balaban J connectivity index is 0.765. The molecule has 2 saturated heterocycles. The van der Waals surface area contributed by atoms with Crippen molar-refractivity contribution in [3.63, 3.8) is 0 Å². The number of amides is 1. The smallest absolute Gasteiger partial charge is 0.322 e. The van der Waals surface area contributed by atoms with Gasteiger partial charge >= 0.3 is 5.97 Å². The second-order valence-electron chi connectivity index (χ2n) is 27.8. The molecular weight excluding hydrogens is 1270 g/mol. The lowest BCUT2D eigenvalue weighted by atomic mass is 9.47. The Morgan fingerprint density at radius 1 is 0.863 bits per heavy atom. The molecule has 5 aliphatic heterocycles. The Morgan fingerprint density at radius 2 is 1.54 bits per heavy atom. The number of hydrogen-bond acceptors (Lipinski definition) is 21. The first-order valence-corrected chi connectivity index (χ1v) is 41.2. The molecule has 1 unspecified atom stereocenters. The number of nitrogens with zero attached hydrogens (tertiary/aromatic N) is 8. The summed E-state index contributed by atoms with van der Waals surface area (Å²) in [6, 6.07) is 11.9. The van der Waals surface area contributed by atoms with Crippen molar-refractivity contribution in [3.8, 4) is 5.75 Å². The van der Waals surface area contributed by atoms with Crippen LogP contribution in [0, 0.1) is 11.3 Å². The molecule has 6 aliphatic rings. The van der Waals surface area contributed by atoms with E-state index in [4.69, 9.17) is 47.5 Å². The van der Waals surface area contributed by atoms with Crippen molar-refractivity contribution in [2.75, 3.05) is 150 Å². The standard InChI is InChI=1S/C68H102N10O14SSi2/c1-10-64(82)40-48-41-67(62(81)85-5,57-51(18-24-77(44-48)46-64)50-16-12-13-17-54(50)74-57)53-38-52-55(39-56(53)84-4)76(3)59-66(52)20-25-78-23-14-19-65(11-2,58(66)78)60(79)68(59,83)61(80)70-21-15-37-94(6,7)92-95(8,9)47-93-63-71-42-49(43-72-63)45-91-36-35-90-34-33-89-32-31-88-30-29-87-28-27-86-26-22-73-75-69/h12-14,16-17,19,38-39,42-43,48,58-60,74,79,82-83H,10-11,15,18,20-37,40-41,44-47H2,1-9H3,(H,70,80)/t48-,58-,59+,60+,64-,65+,66+,67-,68-/m0/s1. The number of aromatic amines is 1. The number of aromatic nitrogens is 3. The zero-order valence-electron chi connectivity index (χ0n) is 57.2. The molecule has 0 radical (unpaired) electrons. The van der Waals surface area contributed by atoms with E-state index in [1.165, 1.54) is 7.11 Å². The van der Waals surface area contributed by atoms with Crippen LogP contribution in [0.2, 0.25) is 32.2 Å². The van der Waals surface area contributed by atoms with Crippen molar-refractivity contribution < 1.29 is 66.9 Å². The average molecular weight is 1370 g/mol. The summed E-state index contributed by atoms with van der Waals surface area (Å²) in [6.07, 6.45) is 9.94. The van der Waals surface area contributed by atoms with E-state index in [1.54, 1.807) is 31.3 Å². The SMILES string of the molecule is CC[C@]1(O)C[C@@H]2CN(CCc3c([nH]c4ccccc34)[C@@](C(=O)OC)(c3cc4c(cc3OC)N(C)[C@H]3[C@@](O)(C(=O)NCCC[Si](C)(C)O[Si](C)(C)CSc5ncc(COCCOCCOCCOCCOCCOCCN=[N+]=[N-])cn5)[C@H](O)[C@]5(CC)C=CCN6CC[C@]43[C@@H]65)C2)C1. The number of esters is 1. The Morgan fingerprint density at radius 3 is 2.19 bits per heavy atom. The van der Waals surface area contributed by atoms with Crippen LogP contribution in [0.5, 0.6) is 5.75 Å². The number of methoxy groups -OCH3 is 2. The number of likely N-dealkylation sites (N-methyl/N-ethyl adjacent to an activating group) is 1. The third-order valence-corrected chi connectivity index (χ3v) is 30.6. The van der Waals surface area contributed by atoms with Gasteiger partial charge in [0.1, 0.15) is 17.3 Å². The number of carbonyl (C=O) groups is 2. The molecule has 1 saturated carbocycles. The highest BCUT2D eigenvalue weighted by Crippen LogP contribution is 2.68. The van der Waals surface area contributed by atoms with Gasteiger partial charge < -0.3 is 72.5 Å². The molecule has 7 heterocycles. The van der Waals surface area contributed by atoms with Gasteiger partial charge in [0.15, 0.2) is 27.4 Å². The largest absolute Gasteiger partial charge is 0.496 e. The van der Waals surface area contributed by atoms with E-state index >= 15 is 9.59 Å². The van der Waals surface area contributed by atoms with E-state index in [2.05, 4.69) is 96.6 Å². The zero-order valence-corrected chi connectivity index (χ0v) is 60.0. The number of fused-ring (bicyclic) bond motifs is 6. The van der Waals surface area contributed by atoms with Gasteiger partial charge in [0.25, 0.3) is 5.91 Å². The number of azide groups is 1. The predicted molar refractivity (Wildman–Crippen MR) is 368 cm³/mol. The molecule has 2 bridgehead atoms. The normalized spacial score (nSPS) is 27.8. The van der Waals surface area contributed by atoms with Crippen molar-refractivity contribution in [1.29, 1.82) is 0 Å². The topological polar surface area (TPSA) is 290 Å². The number of anilines is 1. The molecule has 10 rings (SSSR count). The van der Waals surface area contributed by atoms with E-state index in [0.717, 1.165) is 50.4 Å². The Kier molecular flexibility index (Phi) is 24.1. The van der Waals surface area contributed by atoms with Crippen molar-refractivity contribution in [2.45, 2.75) is 143 Å². The minimum atomic E-state index is -2.30. The van der Waals surface area contributed by atoms with E-state index in [9.17, 15) is 15.3 Å². The molecule has 1 spiro atoms. The quantitative estimate of drug-likeness (QED) is 0.00350. The second-order valence-corrected chi connectivity index (χ2v) is 38.0. The number of para-hydroxylation sites is 1. The van der Waals surface area contributed by atoms with Crippen LogP contribution in [0.15, 0.2) is 71.2 Å². The van der Waals surface area contributed by atoms with Gasteiger partial charge in [0.05, 0.1) is 105 Å². The van der Waals surface area contributed by atoms with Crippen molar-refractivity contribution in [1.82, 2.24) is 30.1 Å². The minimum absolute atomic E-state index is 0.116. The van der Waals surface area contributed by atoms with Crippen LogP contribution in [0.25, 0.3) is 21.3 Å². The summed E-state index contributed by atoms with van der Waals surface area (Å²) >= 11 is 1.59. The first kappa shape index (κ1) is 72.7. The van der Waals surface area contributed by atoms with E-state index in [1.807, 2.05) is 44.0 Å². The third kappa shape index (κ3) is 15.1. The lowest BCUT2D eigenvalue weighted by Gasteiger charge is -2.63. The summed E-state index contributed by atoms with van der Waals surface area (Å²) in [4.78, 5) is 53.7. The highest BCUT2D eigenvalue weighted by molar-refractivity contribution is 8.00. The molecule has 2 aromatic carbocycles. The monoisotopic (exact) mass is 1370 g/mol. The van der Waals surface area contributed by atoms with Gasteiger partial charge in [0, 0.05) is 125 Å². The molecule has 95 heavy (non-hydrogen) atoms. The summed E-state index contributed by atoms with van der Waals surface area (Å²) in [5, 5.41) is 48.2. The Bertz CT molecular complexity index is 3350. The zero-order chi connectivity index (χ0) is 67.7. The summed E-state index contributed by atoms with van der Waals surface area (Å²) in [5.41, 5.74) is 7.46. The van der Waals surface area contributed by atoms with Crippen LogP contribution < -0.4 is 15.0 Å². The number of carbonyl (C=O) groups excluding carboxylic acids is 2. The molecule has 1 aliphatic carbocycles. The third-order valence-electron chi connectivity index (χ3n) is 20.8. The molecule has 1 amide bonds. The van der Waals surface area contributed by atoms with Crippen LogP contribution in [0.1, 0.15) is 80.3 Å². The first-order chi connectivity index (χ1) is 45.7. The number of benzene rings is 2. The lowest BCUT2D eigenvalue weighted by Crippen LogP contribution is -2.81. The van der Waals surface area contributed by atoms with E-state index in [-0.39, 0.29) is 18.5 Å². The molecule has 3 fully saturated rings. The van der Waals surface area contributed by atoms with Crippen LogP contribution >= 0.6 is 11.8 Å².